The molecule has 4 nitrogen and oxygen atoms in total. The molecule has 4 heteroatoms. The number of aliphatic hydroxyl groups is 2. The van der Waals surface area contributed by atoms with Crippen molar-refractivity contribution in [2.75, 3.05) is 32.9 Å². The second-order valence-electron chi connectivity index (χ2n) is 4.88. The van der Waals surface area contributed by atoms with E-state index >= 15 is 0 Å². The summed E-state index contributed by atoms with van der Waals surface area (Å²) in [5, 5.41) is 23.5. The molecule has 2 aliphatic rings. The van der Waals surface area contributed by atoms with Crippen LogP contribution < -0.4 is 5.32 Å². The molecule has 2 rings (SSSR count). The van der Waals surface area contributed by atoms with Gasteiger partial charge >= 0.3 is 0 Å². The Morgan fingerprint density at radius 3 is 2.47 bits per heavy atom. The van der Waals surface area contributed by atoms with E-state index in [1.165, 1.54) is 0 Å². The minimum atomic E-state index is -0.743. The van der Waals surface area contributed by atoms with Crippen LogP contribution in [0, 0.1) is 5.41 Å². The molecule has 2 fully saturated rings. The smallest absolute Gasteiger partial charge is 0.0772 e. The highest BCUT2D eigenvalue weighted by atomic mass is 16.5. The SMILES string of the molecule is OCC1(C2(O)CCNCC2)CCCOC1. The van der Waals surface area contributed by atoms with Gasteiger partial charge in [0.15, 0.2) is 0 Å². The first-order valence-electron chi connectivity index (χ1n) is 5.84. The van der Waals surface area contributed by atoms with E-state index in [-0.39, 0.29) is 6.61 Å². The fourth-order valence-corrected chi connectivity index (χ4v) is 2.86. The zero-order valence-electron chi connectivity index (χ0n) is 9.17. The van der Waals surface area contributed by atoms with Crippen molar-refractivity contribution < 1.29 is 14.9 Å². The van der Waals surface area contributed by atoms with Gasteiger partial charge in [-0.15, -0.1) is 0 Å². The van der Waals surface area contributed by atoms with Crippen molar-refractivity contribution in [2.24, 2.45) is 5.41 Å². The topological polar surface area (TPSA) is 61.7 Å². The number of ether oxygens (including phenoxy) is 1. The summed E-state index contributed by atoms with van der Waals surface area (Å²) in [7, 11) is 0. The Kier molecular flexibility index (Phi) is 3.30. The van der Waals surface area contributed by atoms with Crippen LogP contribution in [0.25, 0.3) is 0 Å². The highest BCUT2D eigenvalue weighted by Crippen LogP contribution is 2.43. The predicted molar refractivity (Wildman–Crippen MR) is 56.6 cm³/mol. The van der Waals surface area contributed by atoms with Gasteiger partial charge in [-0.25, -0.2) is 0 Å². The van der Waals surface area contributed by atoms with Gasteiger partial charge in [-0.1, -0.05) is 0 Å². The average Bonchev–Trinajstić information content (AvgIpc) is 2.31. The van der Waals surface area contributed by atoms with Crippen LogP contribution in [0.4, 0.5) is 0 Å². The number of aliphatic hydroxyl groups excluding tert-OH is 1. The van der Waals surface area contributed by atoms with Crippen molar-refractivity contribution in [1.29, 1.82) is 0 Å². The summed E-state index contributed by atoms with van der Waals surface area (Å²) in [5.74, 6) is 0. The van der Waals surface area contributed by atoms with Crippen LogP contribution >= 0.6 is 0 Å². The third-order valence-electron chi connectivity index (χ3n) is 4.04. The van der Waals surface area contributed by atoms with Crippen molar-refractivity contribution in [3.63, 3.8) is 0 Å². The number of rotatable bonds is 2. The molecule has 15 heavy (non-hydrogen) atoms. The van der Waals surface area contributed by atoms with E-state index < -0.39 is 11.0 Å². The molecule has 3 N–H and O–H groups in total. The molecule has 1 atom stereocenters. The van der Waals surface area contributed by atoms with Gasteiger partial charge in [0.1, 0.15) is 0 Å². The van der Waals surface area contributed by atoms with Crippen LogP contribution in [0.1, 0.15) is 25.7 Å². The summed E-state index contributed by atoms with van der Waals surface area (Å²) in [6, 6.07) is 0. The number of piperidine rings is 1. The van der Waals surface area contributed by atoms with Crippen LogP contribution in [0.5, 0.6) is 0 Å². The van der Waals surface area contributed by atoms with Gasteiger partial charge in [-0.2, -0.15) is 0 Å². The third kappa shape index (κ3) is 1.91. The summed E-state index contributed by atoms with van der Waals surface area (Å²) >= 11 is 0. The first kappa shape index (κ1) is 11.3. The summed E-state index contributed by atoms with van der Waals surface area (Å²) in [4.78, 5) is 0. The molecule has 0 radical (unpaired) electrons. The highest BCUT2D eigenvalue weighted by Gasteiger charge is 2.51. The lowest BCUT2D eigenvalue weighted by molar-refractivity contribution is -0.177. The van der Waals surface area contributed by atoms with E-state index in [2.05, 4.69) is 5.32 Å². The van der Waals surface area contributed by atoms with E-state index in [4.69, 9.17) is 4.74 Å². The Balaban J connectivity index is 2.15. The normalized spacial score (nSPS) is 36.4. The maximum atomic E-state index is 10.7. The van der Waals surface area contributed by atoms with Crippen LogP contribution in [0.3, 0.4) is 0 Å². The van der Waals surface area contributed by atoms with Gasteiger partial charge in [0.25, 0.3) is 0 Å². The van der Waals surface area contributed by atoms with Crippen molar-refractivity contribution in [3.8, 4) is 0 Å². The van der Waals surface area contributed by atoms with Gasteiger partial charge in [-0.3, -0.25) is 0 Å². The minimum absolute atomic E-state index is 0.0312. The Morgan fingerprint density at radius 1 is 1.20 bits per heavy atom. The third-order valence-corrected chi connectivity index (χ3v) is 4.04. The molecular weight excluding hydrogens is 194 g/mol. The van der Waals surface area contributed by atoms with E-state index in [9.17, 15) is 10.2 Å². The molecule has 0 saturated carbocycles. The van der Waals surface area contributed by atoms with Gasteiger partial charge in [0, 0.05) is 12.0 Å². The molecule has 0 aromatic carbocycles. The summed E-state index contributed by atoms with van der Waals surface area (Å²) in [5.41, 5.74) is -1.17. The standard InChI is InChI=1S/C11H21NO3/c13-8-10(2-1-7-15-9-10)11(14)3-5-12-6-4-11/h12-14H,1-9H2. The number of nitrogens with one attached hydrogen (secondary N) is 1. The Labute approximate surface area is 90.6 Å². The van der Waals surface area contributed by atoms with Crippen molar-refractivity contribution in [1.82, 2.24) is 5.32 Å². The first-order valence-corrected chi connectivity index (χ1v) is 5.84. The van der Waals surface area contributed by atoms with Gasteiger partial charge in [0.2, 0.25) is 0 Å². The molecule has 1 unspecified atom stereocenters. The summed E-state index contributed by atoms with van der Waals surface area (Å²) in [6.07, 6.45) is 3.25. The Hall–Kier alpha value is -0.160. The lowest BCUT2D eigenvalue weighted by atomic mass is 9.65. The fourth-order valence-electron chi connectivity index (χ4n) is 2.86. The molecule has 88 valence electrons. The Morgan fingerprint density at radius 2 is 1.93 bits per heavy atom. The van der Waals surface area contributed by atoms with Gasteiger partial charge in [-0.05, 0) is 38.8 Å². The minimum Gasteiger partial charge on any atom is -0.396 e. The second-order valence-corrected chi connectivity index (χ2v) is 4.88. The maximum absolute atomic E-state index is 10.7. The molecular formula is C11H21NO3. The zero-order valence-corrected chi connectivity index (χ0v) is 9.17. The molecule has 0 amide bonds. The summed E-state index contributed by atoms with van der Waals surface area (Å²) < 4.78 is 5.45. The zero-order chi connectivity index (χ0) is 10.8. The second kappa shape index (κ2) is 4.37. The van der Waals surface area contributed by atoms with E-state index in [1.54, 1.807) is 0 Å². The molecule has 0 aromatic heterocycles. The van der Waals surface area contributed by atoms with Crippen LogP contribution in [0.2, 0.25) is 0 Å². The number of hydrogen-bond acceptors (Lipinski definition) is 4. The fraction of sp³-hybridized carbons (Fsp3) is 1.00. The van der Waals surface area contributed by atoms with Crippen molar-refractivity contribution >= 4 is 0 Å². The molecule has 0 bridgehead atoms. The monoisotopic (exact) mass is 215 g/mol. The van der Waals surface area contributed by atoms with Gasteiger partial charge < -0.3 is 20.3 Å². The quantitative estimate of drug-likeness (QED) is 0.601. The summed E-state index contributed by atoms with van der Waals surface area (Å²) in [6.45, 7) is 2.95. The van der Waals surface area contributed by atoms with E-state index in [0.717, 1.165) is 45.4 Å². The lowest BCUT2D eigenvalue weighted by Crippen LogP contribution is -2.59. The molecule has 2 heterocycles. The first-order chi connectivity index (χ1) is 7.22. The Bertz CT molecular complexity index is 208. The molecule has 2 saturated heterocycles. The lowest BCUT2D eigenvalue weighted by Gasteiger charge is -2.50. The largest absolute Gasteiger partial charge is 0.396 e. The molecule has 0 aliphatic carbocycles. The number of hydrogen-bond donors (Lipinski definition) is 3. The highest BCUT2D eigenvalue weighted by molar-refractivity contribution is 5.02. The van der Waals surface area contributed by atoms with Gasteiger partial charge in [0.05, 0.1) is 18.8 Å². The van der Waals surface area contributed by atoms with E-state index in [1.807, 2.05) is 0 Å². The molecule has 0 spiro atoms. The van der Waals surface area contributed by atoms with Crippen LogP contribution in [-0.4, -0.2) is 48.7 Å². The van der Waals surface area contributed by atoms with E-state index in [0.29, 0.717) is 6.61 Å². The average molecular weight is 215 g/mol. The van der Waals surface area contributed by atoms with Crippen LogP contribution in [-0.2, 0) is 4.74 Å². The van der Waals surface area contributed by atoms with Crippen LogP contribution in [0.15, 0.2) is 0 Å². The van der Waals surface area contributed by atoms with Crippen molar-refractivity contribution in [3.05, 3.63) is 0 Å². The maximum Gasteiger partial charge on any atom is 0.0772 e. The molecule has 0 aromatic rings. The van der Waals surface area contributed by atoms with Crippen molar-refractivity contribution in [2.45, 2.75) is 31.3 Å². The predicted octanol–water partition coefficient (Wildman–Crippen LogP) is -0.110. The molecule has 2 aliphatic heterocycles.